The summed E-state index contributed by atoms with van der Waals surface area (Å²) in [6.07, 6.45) is 1.47. The van der Waals surface area contributed by atoms with Gasteiger partial charge in [0, 0.05) is 11.1 Å². The van der Waals surface area contributed by atoms with Crippen molar-refractivity contribution in [1.29, 1.82) is 0 Å². The van der Waals surface area contributed by atoms with Gasteiger partial charge < -0.3 is 10.2 Å². The first-order valence-corrected chi connectivity index (χ1v) is 7.22. The molecular weight excluding hydrogens is 268 g/mol. The topological polar surface area (TPSA) is 106 Å². The zero-order chi connectivity index (χ0) is 13.8. The Morgan fingerprint density at radius 1 is 1.00 bits per heavy atom. The molecule has 0 aliphatic heterocycles. The van der Waals surface area contributed by atoms with Gasteiger partial charge in [-0.3, -0.25) is 4.57 Å². The molecule has 0 fully saturated rings. The van der Waals surface area contributed by atoms with Gasteiger partial charge in [-0.25, -0.2) is 13.6 Å². The Balaban J connectivity index is 2.11. The minimum atomic E-state index is -3.75. The molecule has 1 heterocycles. The molecule has 0 saturated heterocycles. The van der Waals surface area contributed by atoms with Gasteiger partial charge in [-0.1, -0.05) is 0 Å². The molecule has 1 aromatic heterocycles. The second kappa shape index (κ2) is 3.75. The highest BCUT2D eigenvalue weighted by Crippen LogP contribution is 2.43. The van der Waals surface area contributed by atoms with Gasteiger partial charge in [0.15, 0.2) is 0 Å². The molecule has 19 heavy (non-hydrogen) atoms. The fourth-order valence-corrected chi connectivity index (χ4v) is 2.78. The van der Waals surface area contributed by atoms with E-state index < -0.39 is 10.0 Å². The molecule has 2 aromatic rings. The standard InChI is InChI=1S/C12H12N2O4S/c13-19(17,18)8-3-1-7(2-4-8)14-11(15)9-5-6-10(9)12(14)16/h1-4,15-16H,5-6H2,(H2,13,17,18). The maximum Gasteiger partial charge on any atom is 0.238 e. The summed E-state index contributed by atoms with van der Waals surface area (Å²) in [6, 6.07) is 5.64. The molecule has 100 valence electrons. The van der Waals surface area contributed by atoms with Gasteiger partial charge >= 0.3 is 0 Å². The molecule has 0 unspecified atom stereocenters. The summed E-state index contributed by atoms with van der Waals surface area (Å²) in [6.45, 7) is 0. The van der Waals surface area contributed by atoms with E-state index in [-0.39, 0.29) is 16.7 Å². The van der Waals surface area contributed by atoms with E-state index in [0.717, 1.165) is 24.0 Å². The van der Waals surface area contributed by atoms with Crippen molar-refractivity contribution in [2.24, 2.45) is 5.14 Å². The summed E-state index contributed by atoms with van der Waals surface area (Å²) in [5, 5.41) is 25.0. The fraction of sp³-hybridized carbons (Fsp3) is 0.167. The molecule has 0 amide bonds. The van der Waals surface area contributed by atoms with E-state index in [2.05, 4.69) is 0 Å². The summed E-state index contributed by atoms with van der Waals surface area (Å²) in [4.78, 5) is -0.0160. The third kappa shape index (κ3) is 1.70. The maximum atomic E-state index is 11.2. The first kappa shape index (κ1) is 12.1. The quantitative estimate of drug-likeness (QED) is 0.750. The smallest absolute Gasteiger partial charge is 0.238 e. The van der Waals surface area contributed by atoms with Gasteiger partial charge in [-0.15, -0.1) is 0 Å². The van der Waals surface area contributed by atoms with Gasteiger partial charge in [0.1, 0.15) is 0 Å². The predicted molar refractivity (Wildman–Crippen MR) is 67.9 cm³/mol. The van der Waals surface area contributed by atoms with Crippen LogP contribution in [0.15, 0.2) is 29.2 Å². The Hall–Kier alpha value is -1.99. The molecule has 0 radical (unpaired) electrons. The Kier molecular flexibility index (Phi) is 2.38. The zero-order valence-corrected chi connectivity index (χ0v) is 10.7. The number of sulfonamides is 1. The largest absolute Gasteiger partial charge is 0.494 e. The van der Waals surface area contributed by atoms with Crippen molar-refractivity contribution in [3.8, 4) is 17.4 Å². The van der Waals surface area contributed by atoms with Crippen molar-refractivity contribution in [3.05, 3.63) is 35.4 Å². The molecule has 0 atom stereocenters. The van der Waals surface area contributed by atoms with Crippen LogP contribution in [-0.4, -0.2) is 23.2 Å². The SMILES string of the molecule is NS(=O)(=O)c1ccc(-n2c(O)c3c(c2O)CC3)cc1. The van der Waals surface area contributed by atoms with Crippen molar-refractivity contribution in [2.75, 3.05) is 0 Å². The average molecular weight is 280 g/mol. The first-order chi connectivity index (χ1) is 8.89. The van der Waals surface area contributed by atoms with Crippen LogP contribution in [0.3, 0.4) is 0 Å². The fourth-order valence-electron chi connectivity index (χ4n) is 2.27. The Morgan fingerprint density at radius 3 is 1.84 bits per heavy atom. The normalized spacial score (nSPS) is 13.9. The summed E-state index contributed by atoms with van der Waals surface area (Å²) in [5.74, 6) is 0.00390. The summed E-state index contributed by atoms with van der Waals surface area (Å²) in [5.41, 5.74) is 1.97. The minimum Gasteiger partial charge on any atom is -0.494 e. The van der Waals surface area contributed by atoms with E-state index >= 15 is 0 Å². The van der Waals surface area contributed by atoms with Gasteiger partial charge in [-0.05, 0) is 37.1 Å². The molecular formula is C12H12N2O4S. The Labute approximate surface area is 109 Å². The van der Waals surface area contributed by atoms with Crippen molar-refractivity contribution in [2.45, 2.75) is 17.7 Å². The molecule has 1 aliphatic carbocycles. The maximum absolute atomic E-state index is 11.2. The minimum absolute atomic E-state index is 0.00195. The van der Waals surface area contributed by atoms with Gasteiger partial charge in [-0.2, -0.15) is 0 Å². The third-order valence-corrected chi connectivity index (χ3v) is 4.31. The lowest BCUT2D eigenvalue weighted by atomic mass is 9.93. The highest BCUT2D eigenvalue weighted by Gasteiger charge is 2.29. The lowest BCUT2D eigenvalue weighted by Crippen LogP contribution is -2.11. The van der Waals surface area contributed by atoms with E-state index in [1.807, 2.05) is 0 Å². The molecule has 1 aliphatic rings. The van der Waals surface area contributed by atoms with Gasteiger partial charge in [0.05, 0.1) is 10.6 Å². The van der Waals surface area contributed by atoms with Crippen LogP contribution >= 0.6 is 0 Å². The van der Waals surface area contributed by atoms with Crippen molar-refractivity contribution in [3.63, 3.8) is 0 Å². The first-order valence-electron chi connectivity index (χ1n) is 5.67. The predicted octanol–water partition coefficient (Wildman–Crippen LogP) is 0.635. The van der Waals surface area contributed by atoms with Crippen LogP contribution in [0.5, 0.6) is 11.8 Å². The number of rotatable bonds is 2. The number of nitrogens with two attached hydrogens (primary N) is 1. The zero-order valence-electron chi connectivity index (χ0n) is 9.87. The Bertz CT molecular complexity index is 733. The molecule has 7 heteroatoms. The third-order valence-electron chi connectivity index (χ3n) is 3.38. The monoisotopic (exact) mass is 280 g/mol. The second-order valence-corrected chi connectivity index (χ2v) is 6.04. The number of aromatic nitrogens is 1. The lowest BCUT2D eigenvalue weighted by molar-refractivity contribution is 0.401. The molecule has 3 rings (SSSR count). The van der Waals surface area contributed by atoms with Crippen LogP contribution < -0.4 is 5.14 Å². The van der Waals surface area contributed by atoms with Crippen molar-refractivity contribution < 1.29 is 18.6 Å². The highest BCUT2D eigenvalue weighted by molar-refractivity contribution is 7.89. The number of primary sulfonamides is 1. The number of aromatic hydroxyl groups is 2. The van der Waals surface area contributed by atoms with Crippen LogP contribution in [0.25, 0.3) is 5.69 Å². The van der Waals surface area contributed by atoms with Gasteiger partial charge in [0.25, 0.3) is 0 Å². The average Bonchev–Trinajstić information content (AvgIpc) is 2.42. The van der Waals surface area contributed by atoms with Crippen molar-refractivity contribution >= 4 is 10.0 Å². The summed E-state index contributed by atoms with van der Waals surface area (Å²) >= 11 is 0. The van der Waals surface area contributed by atoms with E-state index in [1.54, 1.807) is 0 Å². The number of nitrogens with zero attached hydrogens (tertiary/aromatic N) is 1. The lowest BCUT2D eigenvalue weighted by Gasteiger charge is -2.11. The second-order valence-electron chi connectivity index (χ2n) is 4.48. The summed E-state index contributed by atoms with van der Waals surface area (Å²) in [7, 11) is -3.75. The number of hydrogen-bond acceptors (Lipinski definition) is 4. The highest BCUT2D eigenvalue weighted by atomic mass is 32.2. The molecule has 1 aromatic carbocycles. The van der Waals surface area contributed by atoms with E-state index in [9.17, 15) is 18.6 Å². The molecule has 0 saturated carbocycles. The van der Waals surface area contributed by atoms with E-state index in [0.29, 0.717) is 5.69 Å². The Morgan fingerprint density at radius 2 is 1.47 bits per heavy atom. The van der Waals surface area contributed by atoms with Crippen LogP contribution in [0.2, 0.25) is 0 Å². The van der Waals surface area contributed by atoms with Gasteiger partial charge in [0.2, 0.25) is 21.8 Å². The number of benzene rings is 1. The van der Waals surface area contributed by atoms with E-state index in [1.165, 1.54) is 28.8 Å². The number of fused-ring (bicyclic) bond motifs is 1. The van der Waals surface area contributed by atoms with Crippen LogP contribution in [0.1, 0.15) is 11.1 Å². The molecule has 0 bridgehead atoms. The van der Waals surface area contributed by atoms with Crippen LogP contribution in [-0.2, 0) is 22.9 Å². The molecule has 0 spiro atoms. The summed E-state index contributed by atoms with van der Waals surface area (Å²) < 4.78 is 23.6. The molecule has 6 nitrogen and oxygen atoms in total. The van der Waals surface area contributed by atoms with Crippen molar-refractivity contribution in [1.82, 2.24) is 4.57 Å². The molecule has 4 N–H and O–H groups in total. The number of hydrogen-bond donors (Lipinski definition) is 3. The van der Waals surface area contributed by atoms with E-state index in [4.69, 9.17) is 5.14 Å². The van der Waals surface area contributed by atoms with Crippen LogP contribution in [0.4, 0.5) is 0 Å². The van der Waals surface area contributed by atoms with Crippen LogP contribution in [0, 0.1) is 0 Å².